The van der Waals surface area contributed by atoms with Crippen molar-refractivity contribution in [3.63, 3.8) is 0 Å². The Hall–Kier alpha value is -3.96. The average Bonchev–Trinajstić information content (AvgIpc) is 3.56. The molecule has 0 amide bonds. The first-order valence-electron chi connectivity index (χ1n) is 13.3. The predicted molar refractivity (Wildman–Crippen MR) is 161 cm³/mol. The molecule has 2 heterocycles. The van der Waals surface area contributed by atoms with Gasteiger partial charge < -0.3 is 18.8 Å². The predicted octanol–water partition coefficient (Wildman–Crippen LogP) is 9.12. The molecule has 3 aromatic carbocycles. The average molecular weight is 622 g/mol. The van der Waals surface area contributed by atoms with E-state index in [1.54, 1.807) is 42.5 Å². The highest BCUT2D eigenvalue weighted by molar-refractivity contribution is 6.39. The fourth-order valence-corrected chi connectivity index (χ4v) is 5.58. The second kappa shape index (κ2) is 11.4. The first kappa shape index (κ1) is 28.2. The third-order valence-electron chi connectivity index (χ3n) is 6.97. The van der Waals surface area contributed by atoms with Crippen LogP contribution in [-0.2, 0) is 6.42 Å². The molecule has 0 saturated heterocycles. The van der Waals surface area contributed by atoms with Gasteiger partial charge in [-0.15, -0.1) is 0 Å². The van der Waals surface area contributed by atoms with E-state index in [1.165, 1.54) is 6.07 Å². The summed E-state index contributed by atoms with van der Waals surface area (Å²) in [6.45, 7) is 3.80. The highest BCUT2D eigenvalue weighted by atomic mass is 35.5. The number of ether oxygens (including phenoxy) is 1. The van der Waals surface area contributed by atoms with Crippen LogP contribution in [0.1, 0.15) is 77.4 Å². The smallest absolute Gasteiger partial charge is 0.339 e. The minimum atomic E-state index is -1.12. The number of rotatable bonds is 7. The van der Waals surface area contributed by atoms with Crippen LogP contribution in [0.3, 0.4) is 0 Å². The summed E-state index contributed by atoms with van der Waals surface area (Å²) in [5, 5.41) is 15.3. The number of halogens is 3. The Bertz CT molecular complexity index is 1890. The number of aromatic carboxylic acids is 1. The Morgan fingerprint density at radius 2 is 1.86 bits per heavy atom. The number of hydrogen-bond donors (Lipinski definition) is 1. The molecule has 2 aromatic heterocycles. The van der Waals surface area contributed by atoms with Gasteiger partial charge in [-0.05, 0) is 56.2 Å². The molecule has 0 aliphatic heterocycles. The Kier molecular flexibility index (Phi) is 7.63. The lowest BCUT2D eigenvalue weighted by molar-refractivity contribution is 0.0697. The van der Waals surface area contributed by atoms with Crippen LogP contribution in [0.2, 0.25) is 15.1 Å². The normalized spacial score (nSPS) is 13.5. The summed E-state index contributed by atoms with van der Waals surface area (Å²) in [5.74, 6) is 6.95. The molecule has 1 N–H and O–H groups in total. The molecule has 0 bridgehead atoms. The number of carboxylic acid groups (broad SMARTS) is 1. The highest BCUT2D eigenvalue weighted by Crippen LogP contribution is 2.48. The third kappa shape index (κ3) is 5.46. The van der Waals surface area contributed by atoms with Gasteiger partial charge in [0.05, 0.1) is 20.6 Å². The molecule has 1 fully saturated rings. The van der Waals surface area contributed by atoms with Crippen LogP contribution in [0.5, 0.6) is 5.75 Å². The number of hydrogen-bond acceptors (Lipinski definition) is 6. The van der Waals surface area contributed by atoms with Gasteiger partial charge in [0.25, 0.3) is 0 Å². The van der Waals surface area contributed by atoms with E-state index < -0.39 is 12.1 Å². The third-order valence-corrected chi connectivity index (χ3v) is 7.91. The molecule has 212 valence electrons. The fraction of sp³-hybridized carbons (Fsp3) is 0.219. The highest BCUT2D eigenvalue weighted by Gasteiger charge is 2.36. The van der Waals surface area contributed by atoms with Crippen molar-refractivity contribution in [1.29, 1.82) is 0 Å². The first-order valence-corrected chi connectivity index (χ1v) is 14.5. The molecule has 1 unspecified atom stereocenters. The minimum absolute atomic E-state index is 0.00424. The van der Waals surface area contributed by atoms with Crippen molar-refractivity contribution < 1.29 is 23.6 Å². The van der Waals surface area contributed by atoms with Gasteiger partial charge >= 0.3 is 5.97 Å². The molecule has 7 nitrogen and oxygen atoms in total. The summed E-state index contributed by atoms with van der Waals surface area (Å²) in [5.41, 5.74) is 3.67. The number of carboxylic acids is 1. The summed E-state index contributed by atoms with van der Waals surface area (Å²) >= 11 is 19.6. The minimum Gasteiger partial charge on any atom is -0.486 e. The molecule has 6 rings (SSSR count). The first-order chi connectivity index (χ1) is 20.2. The maximum atomic E-state index is 11.8. The van der Waals surface area contributed by atoms with E-state index in [9.17, 15) is 9.90 Å². The number of nitrogens with zero attached hydrogens (tertiary/aromatic N) is 2. The van der Waals surface area contributed by atoms with Crippen LogP contribution < -0.4 is 4.74 Å². The second-order valence-electron chi connectivity index (χ2n) is 9.97. The molecule has 0 spiro atoms. The summed E-state index contributed by atoms with van der Waals surface area (Å²) < 4.78 is 17.7. The molecule has 1 aliphatic rings. The molecular formula is C32H23Cl3N2O5. The number of aryl methyl sites for hydroxylation is 1. The molecular weight excluding hydrogens is 599 g/mol. The molecule has 1 aliphatic carbocycles. The monoisotopic (exact) mass is 620 g/mol. The maximum Gasteiger partial charge on any atom is 0.339 e. The Labute approximate surface area is 256 Å². The summed E-state index contributed by atoms with van der Waals surface area (Å²) in [6, 6.07) is 13.7. The van der Waals surface area contributed by atoms with Gasteiger partial charge in [-0.2, -0.15) is 0 Å². The number of oxazole rings is 1. The molecule has 0 radical (unpaired) electrons. The van der Waals surface area contributed by atoms with Gasteiger partial charge in [-0.3, -0.25) is 0 Å². The van der Waals surface area contributed by atoms with E-state index in [4.69, 9.17) is 48.5 Å². The molecule has 1 saturated carbocycles. The SMILES string of the molecule is CCc1nc2cc(C#Cc3ccc(OC(C)c4c(-c5c(Cl)cccc5Cl)noc4C4CC4)cc3Cl)cc(C(=O)O)c2o1. The van der Waals surface area contributed by atoms with E-state index in [1.807, 2.05) is 13.8 Å². The van der Waals surface area contributed by atoms with Crippen molar-refractivity contribution in [3.05, 3.63) is 97.5 Å². The van der Waals surface area contributed by atoms with Crippen molar-refractivity contribution in [2.24, 2.45) is 0 Å². The summed E-state index contributed by atoms with van der Waals surface area (Å²) in [4.78, 5) is 16.2. The number of benzene rings is 3. The van der Waals surface area contributed by atoms with Crippen molar-refractivity contribution in [2.75, 3.05) is 0 Å². The van der Waals surface area contributed by atoms with Crippen LogP contribution in [0.15, 0.2) is 57.5 Å². The van der Waals surface area contributed by atoms with Crippen molar-refractivity contribution >= 4 is 51.9 Å². The van der Waals surface area contributed by atoms with E-state index in [0.717, 1.165) is 24.2 Å². The quantitative estimate of drug-likeness (QED) is 0.181. The largest absolute Gasteiger partial charge is 0.486 e. The Morgan fingerprint density at radius 1 is 1.10 bits per heavy atom. The molecule has 10 heteroatoms. The molecule has 42 heavy (non-hydrogen) atoms. The Morgan fingerprint density at radius 3 is 2.52 bits per heavy atom. The van der Waals surface area contributed by atoms with Crippen LogP contribution in [-0.4, -0.2) is 21.2 Å². The van der Waals surface area contributed by atoms with Crippen LogP contribution >= 0.6 is 34.8 Å². The van der Waals surface area contributed by atoms with E-state index in [0.29, 0.717) is 61.0 Å². The van der Waals surface area contributed by atoms with Gasteiger partial charge in [0, 0.05) is 35.1 Å². The summed E-state index contributed by atoms with van der Waals surface area (Å²) in [6.07, 6.45) is 2.13. The number of aromatic nitrogens is 2. The van der Waals surface area contributed by atoms with Crippen molar-refractivity contribution in [1.82, 2.24) is 10.1 Å². The van der Waals surface area contributed by atoms with Crippen LogP contribution in [0.25, 0.3) is 22.4 Å². The fourth-order valence-electron chi connectivity index (χ4n) is 4.78. The summed E-state index contributed by atoms with van der Waals surface area (Å²) in [7, 11) is 0. The van der Waals surface area contributed by atoms with Gasteiger partial charge in [0.15, 0.2) is 11.5 Å². The lowest BCUT2D eigenvalue weighted by atomic mass is 10.00. The molecule has 1 atom stereocenters. The lowest BCUT2D eigenvalue weighted by Crippen LogP contribution is -2.06. The standard InChI is InChI=1S/C32H23Cl3N2O5/c1-3-26-36-25-14-17(13-21(32(38)39)31(25)41-26)7-8-18-11-12-20(15-24(18)35)40-16(2)27-29(37-42-30(27)19-9-10-19)28-22(33)5-4-6-23(28)34/h4-6,11-16,19H,3,9-10H2,1-2H3,(H,38,39). The van der Waals surface area contributed by atoms with E-state index >= 15 is 0 Å². The van der Waals surface area contributed by atoms with Gasteiger partial charge in [0.1, 0.15) is 34.4 Å². The van der Waals surface area contributed by atoms with Crippen LogP contribution in [0.4, 0.5) is 0 Å². The van der Waals surface area contributed by atoms with Gasteiger partial charge in [0.2, 0.25) is 0 Å². The van der Waals surface area contributed by atoms with Crippen LogP contribution in [0, 0.1) is 11.8 Å². The van der Waals surface area contributed by atoms with E-state index in [2.05, 4.69) is 22.0 Å². The Balaban J connectivity index is 1.28. The number of fused-ring (bicyclic) bond motifs is 1. The van der Waals surface area contributed by atoms with E-state index in [-0.39, 0.29) is 17.1 Å². The lowest BCUT2D eigenvalue weighted by Gasteiger charge is -2.17. The van der Waals surface area contributed by atoms with Crippen molar-refractivity contribution in [2.45, 2.75) is 45.1 Å². The zero-order chi connectivity index (χ0) is 29.5. The zero-order valence-electron chi connectivity index (χ0n) is 22.5. The molecule has 5 aromatic rings. The van der Waals surface area contributed by atoms with Gasteiger partial charge in [-0.25, -0.2) is 9.78 Å². The second-order valence-corrected chi connectivity index (χ2v) is 11.2. The topological polar surface area (TPSA) is 98.6 Å². The number of carbonyl (C=O) groups is 1. The van der Waals surface area contributed by atoms with Gasteiger partial charge in [-0.1, -0.05) is 64.8 Å². The van der Waals surface area contributed by atoms with Crippen molar-refractivity contribution in [3.8, 4) is 28.8 Å². The maximum absolute atomic E-state index is 11.8. The zero-order valence-corrected chi connectivity index (χ0v) is 24.8.